The molecule has 0 radical (unpaired) electrons. The number of alkyl halides is 2. The van der Waals surface area contributed by atoms with Gasteiger partial charge in [-0.05, 0) is 30.3 Å². The van der Waals surface area contributed by atoms with Gasteiger partial charge < -0.3 is 20.5 Å². The fourth-order valence-electron chi connectivity index (χ4n) is 2.15. The first-order chi connectivity index (χ1) is 10.1. The van der Waals surface area contributed by atoms with Gasteiger partial charge in [-0.2, -0.15) is 0 Å². The molecule has 0 aliphatic carbocycles. The number of rotatable bonds is 3. The van der Waals surface area contributed by atoms with Crippen molar-refractivity contribution in [1.82, 2.24) is 0 Å². The second-order valence-corrected chi connectivity index (χ2v) is 4.63. The van der Waals surface area contributed by atoms with Crippen molar-refractivity contribution in [2.24, 2.45) is 0 Å². The summed E-state index contributed by atoms with van der Waals surface area (Å²) < 4.78 is 37.0. The molecule has 6 heteroatoms. The Bertz CT molecular complexity index is 662. The fraction of sp³-hybridized carbons (Fsp3) is 0.200. The Morgan fingerprint density at radius 1 is 1.00 bits per heavy atom. The fourth-order valence-corrected chi connectivity index (χ4v) is 2.15. The number of benzene rings is 2. The summed E-state index contributed by atoms with van der Waals surface area (Å²) >= 11 is 0. The van der Waals surface area contributed by atoms with Crippen molar-refractivity contribution in [3.05, 3.63) is 42.0 Å². The highest BCUT2D eigenvalue weighted by Gasteiger charge is 2.15. The van der Waals surface area contributed by atoms with Gasteiger partial charge in [-0.3, -0.25) is 0 Å². The normalized spacial score (nSPS) is 13.3. The molecule has 0 unspecified atom stereocenters. The van der Waals surface area contributed by atoms with Gasteiger partial charge in [-0.25, -0.2) is 8.78 Å². The van der Waals surface area contributed by atoms with Crippen LogP contribution in [0.25, 0.3) is 0 Å². The number of hydrogen-bond acceptors (Lipinski definition) is 4. The molecule has 110 valence electrons. The van der Waals surface area contributed by atoms with E-state index in [1.807, 2.05) is 0 Å². The molecule has 1 aliphatic heterocycles. The zero-order chi connectivity index (χ0) is 14.8. The van der Waals surface area contributed by atoms with E-state index >= 15 is 0 Å². The molecule has 3 N–H and O–H groups in total. The average molecular weight is 292 g/mol. The molecular formula is C15H14F2N2O2. The second-order valence-electron chi connectivity index (χ2n) is 4.63. The Hall–Kier alpha value is -2.50. The standard InChI is InChI=1S/C15H14F2N2O2/c16-15(17)11-7-9(18)1-3-12(11)19-10-2-4-13-14(8-10)21-6-5-20-13/h1-4,7-8,15,19H,5-6,18H2. The minimum atomic E-state index is -2.60. The highest BCUT2D eigenvalue weighted by atomic mass is 19.3. The van der Waals surface area contributed by atoms with Gasteiger partial charge in [0, 0.05) is 28.7 Å². The minimum absolute atomic E-state index is 0.134. The summed E-state index contributed by atoms with van der Waals surface area (Å²) in [7, 11) is 0. The third-order valence-corrected chi connectivity index (χ3v) is 3.13. The lowest BCUT2D eigenvalue weighted by atomic mass is 10.1. The van der Waals surface area contributed by atoms with Crippen LogP contribution in [0.1, 0.15) is 12.0 Å². The first-order valence-electron chi connectivity index (χ1n) is 6.48. The topological polar surface area (TPSA) is 56.5 Å². The molecule has 4 nitrogen and oxygen atoms in total. The lowest BCUT2D eigenvalue weighted by Crippen LogP contribution is -2.15. The van der Waals surface area contributed by atoms with E-state index in [9.17, 15) is 8.78 Å². The summed E-state index contributed by atoms with van der Waals surface area (Å²) in [4.78, 5) is 0. The molecule has 1 aliphatic rings. The molecule has 0 spiro atoms. The number of nitrogens with two attached hydrogens (primary N) is 1. The summed E-state index contributed by atoms with van der Waals surface area (Å²) in [5, 5.41) is 2.96. The number of nitrogen functional groups attached to an aromatic ring is 1. The molecule has 0 bridgehead atoms. The number of fused-ring (bicyclic) bond motifs is 1. The predicted octanol–water partition coefficient (Wildman–Crippen LogP) is 3.72. The van der Waals surface area contributed by atoms with Crippen molar-refractivity contribution in [1.29, 1.82) is 0 Å². The first-order valence-corrected chi connectivity index (χ1v) is 6.48. The van der Waals surface area contributed by atoms with Crippen LogP contribution >= 0.6 is 0 Å². The zero-order valence-electron chi connectivity index (χ0n) is 11.1. The predicted molar refractivity (Wildman–Crippen MR) is 76.5 cm³/mol. The van der Waals surface area contributed by atoms with E-state index < -0.39 is 6.43 Å². The maximum absolute atomic E-state index is 13.0. The molecule has 0 saturated heterocycles. The van der Waals surface area contributed by atoms with Crippen molar-refractivity contribution < 1.29 is 18.3 Å². The van der Waals surface area contributed by atoms with Gasteiger partial charge in [0.15, 0.2) is 11.5 Å². The zero-order valence-corrected chi connectivity index (χ0v) is 11.1. The van der Waals surface area contributed by atoms with E-state index in [0.717, 1.165) is 0 Å². The van der Waals surface area contributed by atoms with Gasteiger partial charge in [0.25, 0.3) is 6.43 Å². The lowest BCUT2D eigenvalue weighted by molar-refractivity contribution is 0.152. The third-order valence-electron chi connectivity index (χ3n) is 3.13. The molecule has 0 saturated carbocycles. The van der Waals surface area contributed by atoms with Crippen molar-refractivity contribution in [3.63, 3.8) is 0 Å². The van der Waals surface area contributed by atoms with Crippen LogP contribution in [0, 0.1) is 0 Å². The third kappa shape index (κ3) is 2.84. The minimum Gasteiger partial charge on any atom is -0.486 e. The van der Waals surface area contributed by atoms with Crippen LogP contribution in [0.2, 0.25) is 0 Å². The molecule has 1 heterocycles. The van der Waals surface area contributed by atoms with Gasteiger partial charge in [-0.15, -0.1) is 0 Å². The summed E-state index contributed by atoms with van der Waals surface area (Å²) in [5.74, 6) is 1.25. The second kappa shape index (κ2) is 5.47. The van der Waals surface area contributed by atoms with Crippen LogP contribution in [-0.2, 0) is 0 Å². The number of hydrogen-bond donors (Lipinski definition) is 2. The largest absolute Gasteiger partial charge is 0.486 e. The van der Waals surface area contributed by atoms with Gasteiger partial charge in [0.2, 0.25) is 0 Å². The van der Waals surface area contributed by atoms with Crippen LogP contribution in [-0.4, -0.2) is 13.2 Å². The number of halogens is 2. The first kappa shape index (κ1) is 13.5. The quantitative estimate of drug-likeness (QED) is 0.846. The maximum atomic E-state index is 13.0. The lowest BCUT2D eigenvalue weighted by Gasteiger charge is -2.19. The Morgan fingerprint density at radius 3 is 2.52 bits per heavy atom. The SMILES string of the molecule is Nc1ccc(Nc2ccc3c(c2)OCCO3)c(C(F)F)c1. The summed E-state index contributed by atoms with van der Waals surface area (Å²) in [5.41, 5.74) is 6.68. The van der Waals surface area contributed by atoms with Crippen LogP contribution in [0.5, 0.6) is 11.5 Å². The Morgan fingerprint density at radius 2 is 1.76 bits per heavy atom. The Balaban J connectivity index is 1.90. The van der Waals surface area contributed by atoms with Gasteiger partial charge in [-0.1, -0.05) is 0 Å². The van der Waals surface area contributed by atoms with Crippen molar-refractivity contribution >= 4 is 17.1 Å². The molecule has 0 fully saturated rings. The van der Waals surface area contributed by atoms with E-state index in [1.54, 1.807) is 24.3 Å². The molecule has 0 amide bonds. The van der Waals surface area contributed by atoms with Crippen LogP contribution in [0.3, 0.4) is 0 Å². The molecule has 0 aromatic heterocycles. The van der Waals surface area contributed by atoms with E-state index in [4.69, 9.17) is 15.2 Å². The summed E-state index contributed by atoms with van der Waals surface area (Å²) in [6, 6.07) is 9.60. The number of ether oxygens (including phenoxy) is 2. The van der Waals surface area contributed by atoms with E-state index in [0.29, 0.717) is 41.8 Å². The Kier molecular flexibility index (Phi) is 3.51. The molecule has 21 heavy (non-hydrogen) atoms. The van der Waals surface area contributed by atoms with Crippen molar-refractivity contribution in [2.75, 3.05) is 24.3 Å². The molecule has 2 aromatic rings. The summed E-state index contributed by atoms with van der Waals surface area (Å²) in [6.07, 6.45) is -2.60. The van der Waals surface area contributed by atoms with Crippen LogP contribution in [0.4, 0.5) is 25.8 Å². The Labute approximate surface area is 120 Å². The van der Waals surface area contributed by atoms with E-state index in [-0.39, 0.29) is 5.56 Å². The van der Waals surface area contributed by atoms with E-state index in [1.165, 1.54) is 12.1 Å². The van der Waals surface area contributed by atoms with E-state index in [2.05, 4.69) is 5.32 Å². The molecule has 2 aromatic carbocycles. The van der Waals surface area contributed by atoms with Crippen LogP contribution < -0.4 is 20.5 Å². The average Bonchev–Trinajstić information content (AvgIpc) is 2.49. The number of anilines is 3. The number of nitrogens with one attached hydrogen (secondary N) is 1. The van der Waals surface area contributed by atoms with Crippen molar-refractivity contribution in [3.8, 4) is 11.5 Å². The maximum Gasteiger partial charge on any atom is 0.265 e. The van der Waals surface area contributed by atoms with Gasteiger partial charge in [0.05, 0.1) is 0 Å². The molecule has 0 atom stereocenters. The van der Waals surface area contributed by atoms with Crippen molar-refractivity contribution in [2.45, 2.75) is 6.43 Å². The molecule has 3 rings (SSSR count). The van der Waals surface area contributed by atoms with Gasteiger partial charge in [0.1, 0.15) is 13.2 Å². The summed E-state index contributed by atoms with van der Waals surface area (Å²) in [6.45, 7) is 0.980. The smallest absolute Gasteiger partial charge is 0.265 e. The monoisotopic (exact) mass is 292 g/mol. The highest BCUT2D eigenvalue weighted by Crippen LogP contribution is 2.36. The van der Waals surface area contributed by atoms with Crippen LogP contribution in [0.15, 0.2) is 36.4 Å². The molecular weight excluding hydrogens is 278 g/mol. The highest BCUT2D eigenvalue weighted by molar-refractivity contribution is 5.68. The van der Waals surface area contributed by atoms with Gasteiger partial charge >= 0.3 is 0 Å².